The van der Waals surface area contributed by atoms with E-state index in [4.69, 9.17) is 9.84 Å². The monoisotopic (exact) mass is 217 g/mol. The van der Waals surface area contributed by atoms with Crippen molar-refractivity contribution in [2.75, 3.05) is 7.11 Å². The van der Waals surface area contributed by atoms with E-state index in [-0.39, 0.29) is 5.56 Å². The number of carboxylic acids is 1. The third kappa shape index (κ3) is 1.58. The van der Waals surface area contributed by atoms with Gasteiger partial charge in [-0.05, 0) is 25.1 Å². The third-order valence-electron chi connectivity index (χ3n) is 2.51. The topological polar surface area (TPSA) is 59.4 Å². The lowest BCUT2D eigenvalue weighted by Crippen LogP contribution is -1.98. The number of ether oxygens (including phenoxy) is 1. The van der Waals surface area contributed by atoms with Crippen molar-refractivity contribution < 1.29 is 14.6 Å². The van der Waals surface area contributed by atoms with Crippen molar-refractivity contribution in [3.8, 4) is 5.75 Å². The first-order valence-electron chi connectivity index (χ1n) is 4.80. The predicted octanol–water partition coefficient (Wildman–Crippen LogP) is 2.25. The Hall–Kier alpha value is -2.10. The molecule has 4 nitrogen and oxygen atoms in total. The number of aryl methyl sites for hydroxylation is 1. The van der Waals surface area contributed by atoms with E-state index in [2.05, 4.69) is 4.98 Å². The van der Waals surface area contributed by atoms with Gasteiger partial charge in [-0.3, -0.25) is 4.98 Å². The molecule has 4 heteroatoms. The first kappa shape index (κ1) is 10.4. The summed E-state index contributed by atoms with van der Waals surface area (Å²) in [5, 5.41) is 10.7. The summed E-state index contributed by atoms with van der Waals surface area (Å²) in [4.78, 5) is 15.1. The molecular formula is C12H11NO3. The number of methoxy groups -OCH3 is 1. The van der Waals surface area contributed by atoms with Gasteiger partial charge in [-0.1, -0.05) is 0 Å². The largest absolute Gasteiger partial charge is 0.496 e. The Morgan fingerprint density at radius 2 is 2.12 bits per heavy atom. The van der Waals surface area contributed by atoms with Crippen LogP contribution >= 0.6 is 0 Å². The summed E-state index contributed by atoms with van der Waals surface area (Å²) in [6.45, 7) is 1.84. The van der Waals surface area contributed by atoms with Gasteiger partial charge in [0.25, 0.3) is 0 Å². The van der Waals surface area contributed by atoms with Crippen molar-refractivity contribution in [1.82, 2.24) is 4.98 Å². The number of benzene rings is 1. The number of fused-ring (bicyclic) bond motifs is 1. The highest BCUT2D eigenvalue weighted by Crippen LogP contribution is 2.28. The summed E-state index contributed by atoms with van der Waals surface area (Å²) >= 11 is 0. The van der Waals surface area contributed by atoms with Gasteiger partial charge in [0.1, 0.15) is 5.75 Å². The minimum atomic E-state index is -0.969. The summed E-state index contributed by atoms with van der Waals surface area (Å²) in [5.74, 6) is -0.413. The maximum Gasteiger partial charge on any atom is 0.335 e. The van der Waals surface area contributed by atoms with Gasteiger partial charge in [-0.25, -0.2) is 4.79 Å². The summed E-state index contributed by atoms with van der Waals surface area (Å²) < 4.78 is 5.18. The second kappa shape index (κ2) is 3.81. The Bertz CT molecular complexity index is 563. The van der Waals surface area contributed by atoms with Crippen LogP contribution < -0.4 is 4.74 Å². The minimum Gasteiger partial charge on any atom is -0.496 e. The molecule has 1 aromatic carbocycles. The lowest BCUT2D eigenvalue weighted by atomic mass is 10.1. The molecule has 0 aliphatic carbocycles. The summed E-state index contributed by atoms with van der Waals surface area (Å²) in [6.07, 6.45) is 1.68. The molecule has 0 amide bonds. The molecule has 0 fully saturated rings. The molecule has 0 saturated carbocycles. The van der Waals surface area contributed by atoms with Gasteiger partial charge in [0.05, 0.1) is 12.7 Å². The van der Waals surface area contributed by atoms with E-state index in [9.17, 15) is 4.79 Å². The fourth-order valence-electron chi connectivity index (χ4n) is 1.68. The van der Waals surface area contributed by atoms with Crippen molar-refractivity contribution in [3.05, 3.63) is 35.7 Å². The summed E-state index contributed by atoms with van der Waals surface area (Å²) in [5.41, 5.74) is 0.999. The van der Waals surface area contributed by atoms with Crippen LogP contribution in [0.1, 0.15) is 16.1 Å². The Kier molecular flexibility index (Phi) is 2.48. The second-order valence-electron chi connectivity index (χ2n) is 3.48. The van der Waals surface area contributed by atoms with Crippen LogP contribution in [0, 0.1) is 6.92 Å². The van der Waals surface area contributed by atoms with Crippen LogP contribution in [0.2, 0.25) is 0 Å². The fourth-order valence-corrected chi connectivity index (χ4v) is 1.68. The van der Waals surface area contributed by atoms with Gasteiger partial charge in [0.15, 0.2) is 0 Å². The van der Waals surface area contributed by atoms with Crippen LogP contribution in [0.4, 0.5) is 0 Å². The smallest absolute Gasteiger partial charge is 0.335 e. The summed E-state index contributed by atoms with van der Waals surface area (Å²) in [6, 6.07) is 4.94. The number of aromatic carboxylic acids is 1. The molecule has 1 N–H and O–H groups in total. The molecule has 0 radical (unpaired) electrons. The zero-order valence-corrected chi connectivity index (χ0v) is 9.02. The average molecular weight is 217 g/mol. The Morgan fingerprint density at radius 3 is 2.75 bits per heavy atom. The zero-order chi connectivity index (χ0) is 11.7. The highest BCUT2D eigenvalue weighted by atomic mass is 16.5. The normalized spacial score (nSPS) is 10.4. The number of hydrogen-bond donors (Lipinski definition) is 1. The molecule has 16 heavy (non-hydrogen) atoms. The molecule has 0 atom stereocenters. The molecule has 0 saturated heterocycles. The van der Waals surface area contributed by atoms with Crippen LogP contribution in [0.25, 0.3) is 10.8 Å². The van der Waals surface area contributed by atoms with Gasteiger partial charge in [-0.2, -0.15) is 0 Å². The van der Waals surface area contributed by atoms with Crippen molar-refractivity contribution >= 4 is 16.7 Å². The van der Waals surface area contributed by atoms with Crippen LogP contribution in [0.3, 0.4) is 0 Å². The highest BCUT2D eigenvalue weighted by molar-refractivity contribution is 5.98. The molecule has 0 aliphatic heterocycles. The highest BCUT2D eigenvalue weighted by Gasteiger charge is 2.10. The van der Waals surface area contributed by atoms with E-state index in [1.54, 1.807) is 12.3 Å². The van der Waals surface area contributed by atoms with Crippen LogP contribution in [-0.4, -0.2) is 23.2 Å². The summed E-state index contributed by atoms with van der Waals surface area (Å²) in [7, 11) is 1.52. The molecule has 0 spiro atoms. The van der Waals surface area contributed by atoms with Gasteiger partial charge < -0.3 is 9.84 Å². The maximum absolute atomic E-state index is 10.9. The number of carboxylic acid groups (broad SMARTS) is 1. The number of hydrogen-bond acceptors (Lipinski definition) is 3. The number of nitrogens with zero attached hydrogens (tertiary/aromatic N) is 1. The van der Waals surface area contributed by atoms with Crippen molar-refractivity contribution in [1.29, 1.82) is 0 Å². The van der Waals surface area contributed by atoms with Gasteiger partial charge in [0, 0.05) is 22.7 Å². The number of carbonyl (C=O) groups is 1. The molecule has 82 valence electrons. The molecule has 1 aromatic heterocycles. The van der Waals surface area contributed by atoms with Crippen LogP contribution in [0.5, 0.6) is 5.75 Å². The van der Waals surface area contributed by atoms with Gasteiger partial charge >= 0.3 is 5.97 Å². The van der Waals surface area contributed by atoms with E-state index in [1.807, 2.05) is 13.0 Å². The molecule has 0 aliphatic rings. The SMILES string of the molecule is COc1cc(C(=O)O)cc2c(C)nccc12. The Morgan fingerprint density at radius 1 is 1.38 bits per heavy atom. The Labute approximate surface area is 92.5 Å². The van der Waals surface area contributed by atoms with Crippen molar-refractivity contribution in [2.45, 2.75) is 6.92 Å². The quantitative estimate of drug-likeness (QED) is 0.838. The standard InChI is InChI=1S/C12H11NO3/c1-7-10-5-8(12(14)15)6-11(16-2)9(10)3-4-13-7/h3-6H,1-2H3,(H,14,15). The zero-order valence-electron chi connectivity index (χ0n) is 9.02. The van der Waals surface area contributed by atoms with Crippen LogP contribution in [-0.2, 0) is 0 Å². The van der Waals surface area contributed by atoms with E-state index in [0.29, 0.717) is 5.75 Å². The molecule has 1 heterocycles. The van der Waals surface area contributed by atoms with E-state index in [0.717, 1.165) is 16.5 Å². The lowest BCUT2D eigenvalue weighted by Gasteiger charge is -2.08. The van der Waals surface area contributed by atoms with Crippen molar-refractivity contribution in [2.24, 2.45) is 0 Å². The fraction of sp³-hybridized carbons (Fsp3) is 0.167. The third-order valence-corrected chi connectivity index (χ3v) is 2.51. The first-order chi connectivity index (χ1) is 7.63. The average Bonchev–Trinajstić information content (AvgIpc) is 2.28. The first-order valence-corrected chi connectivity index (χ1v) is 4.80. The number of pyridine rings is 1. The minimum absolute atomic E-state index is 0.209. The number of rotatable bonds is 2. The van der Waals surface area contributed by atoms with Crippen LogP contribution in [0.15, 0.2) is 24.4 Å². The Balaban J connectivity index is 2.84. The molecule has 2 aromatic rings. The van der Waals surface area contributed by atoms with Gasteiger partial charge in [-0.15, -0.1) is 0 Å². The van der Waals surface area contributed by atoms with Gasteiger partial charge in [0.2, 0.25) is 0 Å². The van der Waals surface area contributed by atoms with Crippen molar-refractivity contribution in [3.63, 3.8) is 0 Å². The maximum atomic E-state index is 10.9. The second-order valence-corrected chi connectivity index (χ2v) is 3.48. The van der Waals surface area contributed by atoms with E-state index in [1.165, 1.54) is 13.2 Å². The predicted molar refractivity (Wildman–Crippen MR) is 60.0 cm³/mol. The lowest BCUT2D eigenvalue weighted by molar-refractivity contribution is 0.0696. The molecule has 0 bridgehead atoms. The van der Waals surface area contributed by atoms with E-state index >= 15 is 0 Å². The molecule has 0 unspecified atom stereocenters. The number of aromatic nitrogens is 1. The molecular weight excluding hydrogens is 206 g/mol. The molecule has 2 rings (SSSR count). The van der Waals surface area contributed by atoms with E-state index < -0.39 is 5.97 Å².